The lowest BCUT2D eigenvalue weighted by Gasteiger charge is -2.48. The summed E-state index contributed by atoms with van der Waals surface area (Å²) >= 11 is 0. The Labute approximate surface area is 126 Å². The van der Waals surface area contributed by atoms with E-state index in [1.54, 1.807) is 0 Å². The predicted octanol–water partition coefficient (Wildman–Crippen LogP) is 2.36. The van der Waals surface area contributed by atoms with Crippen molar-refractivity contribution in [1.29, 1.82) is 0 Å². The Morgan fingerprint density at radius 3 is 2.81 bits per heavy atom. The van der Waals surface area contributed by atoms with Crippen LogP contribution in [0.4, 0.5) is 0 Å². The molecule has 0 aromatic heterocycles. The quantitative estimate of drug-likeness (QED) is 0.812. The Kier molecular flexibility index (Phi) is 4.50. The molecule has 21 heavy (non-hydrogen) atoms. The van der Waals surface area contributed by atoms with Gasteiger partial charge in [-0.1, -0.05) is 11.6 Å². The van der Waals surface area contributed by atoms with E-state index in [0.717, 1.165) is 24.8 Å². The van der Waals surface area contributed by atoms with Gasteiger partial charge in [0.2, 0.25) is 0 Å². The summed E-state index contributed by atoms with van der Waals surface area (Å²) < 4.78 is 18.1. The van der Waals surface area contributed by atoms with Gasteiger partial charge in [-0.05, 0) is 32.3 Å². The molecule has 3 aliphatic rings. The molecule has 0 aromatic rings. The van der Waals surface area contributed by atoms with Gasteiger partial charge in [0, 0.05) is 12.8 Å². The molecule has 118 valence electrons. The van der Waals surface area contributed by atoms with Crippen molar-refractivity contribution in [1.82, 2.24) is 0 Å². The number of rotatable bonds is 3. The topological polar surface area (TPSA) is 47.9 Å². The molecule has 0 aliphatic carbocycles. The summed E-state index contributed by atoms with van der Waals surface area (Å²) in [5, 5.41) is 10.3. The Hall–Kier alpha value is -0.680. The molecule has 1 N–H and O–H groups in total. The number of aliphatic hydroxyl groups excluding tert-OH is 1. The number of ether oxygens (including phenoxy) is 3. The summed E-state index contributed by atoms with van der Waals surface area (Å²) in [5.41, 5.74) is 2.37. The molecule has 0 saturated carbocycles. The summed E-state index contributed by atoms with van der Waals surface area (Å²) in [6.45, 7) is 8.69. The Morgan fingerprint density at radius 2 is 2.05 bits per heavy atom. The van der Waals surface area contributed by atoms with E-state index < -0.39 is 6.10 Å². The van der Waals surface area contributed by atoms with E-state index in [4.69, 9.17) is 14.2 Å². The first-order chi connectivity index (χ1) is 10.0. The first-order valence-corrected chi connectivity index (χ1v) is 7.96. The van der Waals surface area contributed by atoms with Crippen LogP contribution >= 0.6 is 0 Å². The monoisotopic (exact) mass is 294 g/mol. The molecule has 2 saturated heterocycles. The Morgan fingerprint density at radius 1 is 1.29 bits per heavy atom. The third-order valence-corrected chi connectivity index (χ3v) is 4.81. The van der Waals surface area contributed by atoms with Crippen molar-refractivity contribution in [3.8, 4) is 0 Å². The van der Waals surface area contributed by atoms with E-state index in [-0.39, 0.29) is 30.5 Å². The summed E-state index contributed by atoms with van der Waals surface area (Å²) in [7, 11) is 0. The standard InChI is InChI=1S/C17H26O4/c1-10(2)4-5-13-12(18)8-14-15(20-13)9-16-17(21-14)11(3)6-7-19-16/h6,12-18H,1,4-5,7-9H2,2-3H3/t12-,13+,14+,15-,16+,17-/m1/s1. The SMILES string of the molecule is C=C(C)CC[C@@H]1O[C@@H]2C[C@@H]3OCC=C(C)[C@H]3O[C@H]2C[C@H]1O. The van der Waals surface area contributed by atoms with Crippen LogP contribution in [0.2, 0.25) is 0 Å². The molecule has 4 nitrogen and oxygen atoms in total. The molecule has 0 radical (unpaired) electrons. The molecule has 3 aliphatic heterocycles. The van der Waals surface area contributed by atoms with Gasteiger partial charge < -0.3 is 19.3 Å². The minimum atomic E-state index is -0.448. The second kappa shape index (κ2) is 6.21. The van der Waals surface area contributed by atoms with Crippen LogP contribution in [0.5, 0.6) is 0 Å². The van der Waals surface area contributed by atoms with Crippen LogP contribution in [-0.2, 0) is 14.2 Å². The van der Waals surface area contributed by atoms with Gasteiger partial charge in [-0.25, -0.2) is 0 Å². The summed E-state index contributed by atoms with van der Waals surface area (Å²) in [4.78, 5) is 0. The predicted molar refractivity (Wildman–Crippen MR) is 80.1 cm³/mol. The maximum atomic E-state index is 10.3. The van der Waals surface area contributed by atoms with Crippen LogP contribution < -0.4 is 0 Å². The second-order valence-corrected chi connectivity index (χ2v) is 6.66. The average molecular weight is 294 g/mol. The molecular weight excluding hydrogens is 268 g/mol. The van der Waals surface area contributed by atoms with Gasteiger partial charge in [0.15, 0.2) is 0 Å². The average Bonchev–Trinajstić information content (AvgIpc) is 2.44. The van der Waals surface area contributed by atoms with E-state index >= 15 is 0 Å². The van der Waals surface area contributed by atoms with Crippen LogP contribution in [0.15, 0.2) is 23.8 Å². The van der Waals surface area contributed by atoms with E-state index in [1.807, 2.05) is 6.92 Å². The normalized spacial score (nSPS) is 42.7. The molecule has 0 aromatic carbocycles. The largest absolute Gasteiger partial charge is 0.390 e. The fraction of sp³-hybridized carbons (Fsp3) is 0.765. The Bertz CT molecular complexity index is 431. The van der Waals surface area contributed by atoms with Gasteiger partial charge in [-0.15, -0.1) is 6.58 Å². The first-order valence-electron chi connectivity index (χ1n) is 7.96. The first kappa shape index (κ1) is 15.2. The molecule has 6 atom stereocenters. The molecule has 3 heterocycles. The number of aliphatic hydroxyl groups is 1. The van der Waals surface area contributed by atoms with Crippen molar-refractivity contribution in [2.75, 3.05) is 6.61 Å². The zero-order valence-corrected chi connectivity index (χ0v) is 13.0. The number of allylic oxidation sites excluding steroid dienone is 1. The summed E-state index contributed by atoms with van der Waals surface area (Å²) in [5.74, 6) is 0. The van der Waals surface area contributed by atoms with Gasteiger partial charge in [-0.3, -0.25) is 0 Å². The van der Waals surface area contributed by atoms with E-state index in [2.05, 4.69) is 19.6 Å². The van der Waals surface area contributed by atoms with E-state index in [9.17, 15) is 5.11 Å². The number of hydrogen-bond donors (Lipinski definition) is 1. The summed E-state index contributed by atoms with van der Waals surface area (Å²) in [6, 6.07) is 0. The number of fused-ring (bicyclic) bond motifs is 2. The third kappa shape index (κ3) is 3.24. The van der Waals surface area contributed by atoms with Gasteiger partial charge in [0.1, 0.15) is 6.10 Å². The zero-order chi connectivity index (χ0) is 15.0. The van der Waals surface area contributed by atoms with Crippen LogP contribution in [0, 0.1) is 0 Å². The van der Waals surface area contributed by atoms with Gasteiger partial charge in [0.05, 0.1) is 37.1 Å². The van der Waals surface area contributed by atoms with Gasteiger partial charge in [0.25, 0.3) is 0 Å². The molecule has 0 amide bonds. The fourth-order valence-electron chi connectivity index (χ4n) is 3.55. The van der Waals surface area contributed by atoms with E-state index in [1.165, 1.54) is 5.57 Å². The van der Waals surface area contributed by atoms with E-state index in [0.29, 0.717) is 13.0 Å². The maximum absolute atomic E-state index is 10.3. The van der Waals surface area contributed by atoms with Crippen LogP contribution in [0.1, 0.15) is 39.5 Å². The van der Waals surface area contributed by atoms with Gasteiger partial charge in [-0.2, -0.15) is 0 Å². The molecule has 2 fully saturated rings. The second-order valence-electron chi connectivity index (χ2n) is 6.66. The van der Waals surface area contributed by atoms with Crippen molar-refractivity contribution in [3.63, 3.8) is 0 Å². The lowest BCUT2D eigenvalue weighted by atomic mass is 9.86. The van der Waals surface area contributed by atoms with Crippen molar-refractivity contribution < 1.29 is 19.3 Å². The van der Waals surface area contributed by atoms with Crippen molar-refractivity contribution in [2.24, 2.45) is 0 Å². The molecule has 4 heteroatoms. The highest BCUT2D eigenvalue weighted by Gasteiger charge is 2.46. The van der Waals surface area contributed by atoms with Crippen LogP contribution in [0.25, 0.3) is 0 Å². The highest BCUT2D eigenvalue weighted by Crippen LogP contribution is 2.37. The van der Waals surface area contributed by atoms with Crippen molar-refractivity contribution >= 4 is 0 Å². The summed E-state index contributed by atoms with van der Waals surface area (Å²) in [6.07, 6.45) is 4.90. The van der Waals surface area contributed by atoms with Crippen LogP contribution in [0.3, 0.4) is 0 Å². The lowest BCUT2D eigenvalue weighted by Crippen LogP contribution is -2.57. The van der Waals surface area contributed by atoms with Crippen molar-refractivity contribution in [2.45, 2.75) is 76.2 Å². The molecule has 0 spiro atoms. The zero-order valence-electron chi connectivity index (χ0n) is 13.0. The smallest absolute Gasteiger partial charge is 0.105 e. The highest BCUT2D eigenvalue weighted by molar-refractivity contribution is 5.14. The molecule has 0 unspecified atom stereocenters. The minimum absolute atomic E-state index is 0.0209. The van der Waals surface area contributed by atoms with Gasteiger partial charge >= 0.3 is 0 Å². The molecular formula is C17H26O4. The minimum Gasteiger partial charge on any atom is -0.390 e. The highest BCUT2D eigenvalue weighted by atomic mass is 16.6. The number of hydrogen-bond acceptors (Lipinski definition) is 4. The molecule has 3 rings (SSSR count). The molecule has 0 bridgehead atoms. The Balaban J connectivity index is 1.64. The third-order valence-electron chi connectivity index (χ3n) is 4.81. The fourth-order valence-corrected chi connectivity index (χ4v) is 3.55. The maximum Gasteiger partial charge on any atom is 0.105 e. The lowest BCUT2D eigenvalue weighted by molar-refractivity contribution is -0.244. The van der Waals surface area contributed by atoms with Crippen LogP contribution in [-0.4, -0.2) is 48.3 Å². The van der Waals surface area contributed by atoms with Crippen molar-refractivity contribution in [3.05, 3.63) is 23.8 Å².